The molecule has 2 aliphatic rings. The second-order valence-corrected chi connectivity index (χ2v) is 11.4. The molecule has 4 N–H and O–H groups in total. The molecule has 5 rings (SSSR count). The number of aromatic nitrogens is 2. The third-order valence-electron chi connectivity index (χ3n) is 6.61. The van der Waals surface area contributed by atoms with E-state index in [9.17, 15) is 9.65 Å². The van der Waals surface area contributed by atoms with Gasteiger partial charge in [0.2, 0.25) is 5.95 Å². The lowest BCUT2D eigenvalue weighted by Crippen LogP contribution is -2.45. The Bertz CT molecular complexity index is 1410. The van der Waals surface area contributed by atoms with E-state index in [0.717, 1.165) is 29.5 Å². The zero-order valence-corrected chi connectivity index (χ0v) is 22.0. The SMILES string of the molecule is BC(Nc1cc(Cl)c2ncc(C#N)c(NCC(C)(C)C)c2c1)(C1=CN(C2CC2)NN1)c1ccc(F)nc1. The van der Waals surface area contributed by atoms with Crippen LogP contribution in [-0.4, -0.2) is 35.4 Å². The summed E-state index contributed by atoms with van der Waals surface area (Å²) in [6.45, 7) is 7.03. The minimum Gasteiger partial charge on any atom is -0.383 e. The molecule has 3 aromatic rings. The molecule has 0 amide bonds. The van der Waals surface area contributed by atoms with Gasteiger partial charge in [0, 0.05) is 42.3 Å². The van der Waals surface area contributed by atoms with E-state index in [4.69, 9.17) is 11.6 Å². The fraction of sp³-hybridized carbons (Fsp3) is 0.346. The van der Waals surface area contributed by atoms with Crippen molar-refractivity contribution in [1.82, 2.24) is 25.9 Å². The van der Waals surface area contributed by atoms with Gasteiger partial charge in [0.1, 0.15) is 13.9 Å². The van der Waals surface area contributed by atoms with Crippen molar-refractivity contribution < 1.29 is 4.39 Å². The number of hydrogen-bond donors (Lipinski definition) is 4. The minimum absolute atomic E-state index is 0.00280. The summed E-state index contributed by atoms with van der Waals surface area (Å²) in [6.07, 6.45) is 7.35. The number of nitrogens with one attached hydrogen (secondary N) is 4. The Balaban J connectivity index is 1.60. The highest BCUT2D eigenvalue weighted by Crippen LogP contribution is 2.38. The fourth-order valence-electron chi connectivity index (χ4n) is 4.35. The summed E-state index contributed by atoms with van der Waals surface area (Å²) in [5.74, 6) is -0.546. The molecule has 8 nitrogen and oxygen atoms in total. The average Bonchev–Trinajstić information content (AvgIpc) is 3.58. The van der Waals surface area contributed by atoms with Crippen molar-refractivity contribution in [2.75, 3.05) is 17.2 Å². The Labute approximate surface area is 221 Å². The highest BCUT2D eigenvalue weighted by Gasteiger charge is 2.38. The summed E-state index contributed by atoms with van der Waals surface area (Å²) in [5, 5.41) is 20.1. The third kappa shape index (κ3) is 5.15. The fourth-order valence-corrected chi connectivity index (χ4v) is 4.62. The van der Waals surface area contributed by atoms with Crippen LogP contribution < -0.4 is 21.6 Å². The highest BCUT2D eigenvalue weighted by atomic mass is 35.5. The molecule has 1 aromatic carbocycles. The molecule has 2 aromatic heterocycles. The Morgan fingerprint density at radius 2 is 2.03 bits per heavy atom. The van der Waals surface area contributed by atoms with Crippen molar-refractivity contribution >= 4 is 41.7 Å². The van der Waals surface area contributed by atoms with E-state index < -0.39 is 11.4 Å². The largest absolute Gasteiger partial charge is 0.383 e. The Hall–Kier alpha value is -3.55. The van der Waals surface area contributed by atoms with Gasteiger partial charge in [-0.05, 0) is 42.0 Å². The number of fused-ring (bicyclic) bond motifs is 1. The van der Waals surface area contributed by atoms with E-state index in [1.54, 1.807) is 12.3 Å². The number of rotatable bonds is 7. The summed E-state index contributed by atoms with van der Waals surface area (Å²) < 4.78 is 13.7. The van der Waals surface area contributed by atoms with Crippen LogP contribution in [0.5, 0.6) is 0 Å². The number of pyridine rings is 2. The van der Waals surface area contributed by atoms with Gasteiger partial charge in [-0.2, -0.15) is 9.65 Å². The first kappa shape index (κ1) is 25.1. The summed E-state index contributed by atoms with van der Waals surface area (Å²) in [4.78, 5) is 8.36. The van der Waals surface area contributed by atoms with Gasteiger partial charge >= 0.3 is 0 Å². The first-order valence-electron chi connectivity index (χ1n) is 12.3. The van der Waals surface area contributed by atoms with E-state index in [0.29, 0.717) is 40.1 Å². The van der Waals surface area contributed by atoms with Crippen LogP contribution >= 0.6 is 11.6 Å². The van der Waals surface area contributed by atoms with Crippen molar-refractivity contribution in [3.8, 4) is 6.07 Å². The van der Waals surface area contributed by atoms with Gasteiger partial charge < -0.3 is 16.1 Å². The molecule has 37 heavy (non-hydrogen) atoms. The normalized spacial score (nSPS) is 17.1. The van der Waals surface area contributed by atoms with Crippen LogP contribution in [0, 0.1) is 22.7 Å². The smallest absolute Gasteiger partial charge is 0.212 e. The maximum Gasteiger partial charge on any atom is 0.212 e. The summed E-state index contributed by atoms with van der Waals surface area (Å²) in [7, 11) is 2.00. The highest BCUT2D eigenvalue weighted by molar-refractivity contribution is 6.36. The first-order chi connectivity index (χ1) is 17.6. The molecular weight excluding hydrogens is 490 g/mol. The van der Waals surface area contributed by atoms with E-state index in [-0.39, 0.29) is 5.41 Å². The topological polar surface area (TPSA) is 101 Å². The summed E-state index contributed by atoms with van der Waals surface area (Å²) in [6, 6.07) is 9.51. The van der Waals surface area contributed by atoms with E-state index in [1.807, 2.05) is 26.2 Å². The molecule has 0 saturated heterocycles. The van der Waals surface area contributed by atoms with E-state index >= 15 is 0 Å². The van der Waals surface area contributed by atoms with Gasteiger partial charge in [-0.25, -0.2) is 4.98 Å². The van der Waals surface area contributed by atoms with Gasteiger partial charge in [0.25, 0.3) is 0 Å². The molecule has 0 radical (unpaired) electrons. The van der Waals surface area contributed by atoms with Crippen molar-refractivity contribution in [3.05, 3.63) is 70.7 Å². The number of nitriles is 1. The minimum atomic E-state index is -0.812. The van der Waals surface area contributed by atoms with Crippen LogP contribution in [0.3, 0.4) is 0 Å². The predicted molar refractivity (Wildman–Crippen MR) is 147 cm³/mol. The van der Waals surface area contributed by atoms with Crippen LogP contribution in [-0.2, 0) is 5.44 Å². The Morgan fingerprint density at radius 3 is 2.68 bits per heavy atom. The Morgan fingerprint density at radius 1 is 1.24 bits per heavy atom. The number of anilines is 2. The first-order valence-corrected chi connectivity index (χ1v) is 12.6. The average molecular weight is 519 g/mol. The predicted octanol–water partition coefficient (Wildman–Crippen LogP) is 3.98. The molecule has 1 fully saturated rings. The van der Waals surface area contributed by atoms with Crippen molar-refractivity contribution in [2.24, 2.45) is 5.41 Å². The van der Waals surface area contributed by atoms with E-state index in [1.165, 1.54) is 12.3 Å². The van der Waals surface area contributed by atoms with Crippen LogP contribution in [0.1, 0.15) is 44.7 Å². The monoisotopic (exact) mass is 518 g/mol. The summed E-state index contributed by atoms with van der Waals surface area (Å²) in [5.41, 5.74) is 9.73. The van der Waals surface area contributed by atoms with Gasteiger partial charge in [-0.3, -0.25) is 9.99 Å². The number of nitrogens with zero attached hydrogens (tertiary/aromatic N) is 4. The van der Waals surface area contributed by atoms with Gasteiger partial charge in [0.15, 0.2) is 0 Å². The van der Waals surface area contributed by atoms with Crippen LogP contribution in [0.4, 0.5) is 15.8 Å². The quantitative estimate of drug-likeness (QED) is 0.275. The molecule has 0 bridgehead atoms. The third-order valence-corrected chi connectivity index (χ3v) is 6.89. The van der Waals surface area contributed by atoms with Crippen LogP contribution in [0.2, 0.25) is 5.02 Å². The molecule has 1 unspecified atom stereocenters. The van der Waals surface area contributed by atoms with Crippen molar-refractivity contribution in [3.63, 3.8) is 0 Å². The molecule has 0 spiro atoms. The zero-order chi connectivity index (χ0) is 26.4. The van der Waals surface area contributed by atoms with Gasteiger partial charge in [-0.15, -0.1) is 5.53 Å². The van der Waals surface area contributed by atoms with Gasteiger partial charge in [0.05, 0.1) is 32.9 Å². The van der Waals surface area contributed by atoms with Crippen LogP contribution in [0.25, 0.3) is 10.9 Å². The zero-order valence-electron chi connectivity index (χ0n) is 21.3. The molecule has 1 aliphatic carbocycles. The van der Waals surface area contributed by atoms with E-state index in [2.05, 4.69) is 63.4 Å². The van der Waals surface area contributed by atoms with Crippen molar-refractivity contribution in [1.29, 1.82) is 5.26 Å². The molecule has 1 saturated carbocycles. The van der Waals surface area contributed by atoms with Gasteiger partial charge in [-0.1, -0.05) is 38.4 Å². The lowest BCUT2D eigenvalue weighted by molar-refractivity contribution is 0.260. The maximum absolute atomic E-state index is 13.7. The number of benzene rings is 1. The molecule has 3 heterocycles. The second-order valence-electron chi connectivity index (χ2n) is 11.0. The molecule has 1 aliphatic heterocycles. The summed E-state index contributed by atoms with van der Waals surface area (Å²) >= 11 is 6.72. The molecule has 1 atom stereocenters. The molecule has 11 heteroatoms. The Kier molecular flexibility index (Phi) is 6.38. The number of hydrogen-bond acceptors (Lipinski definition) is 8. The van der Waals surface area contributed by atoms with Crippen molar-refractivity contribution in [2.45, 2.75) is 45.1 Å². The second kappa shape index (κ2) is 9.40. The standard InChI is InChI=1S/C26H29BClFN8/c1-25(2,3)14-33-23-15(10-30)11-32-24-19(23)8-17(9-20(24)28)34-26(27,16-4-7-22(29)31-12-16)21-13-37(36-35-21)18-5-6-18/h4,7-9,11-13,18,34-36H,5-6,14,27H2,1-3H3,(H,32,33). The lowest BCUT2D eigenvalue weighted by Gasteiger charge is -2.33. The van der Waals surface area contributed by atoms with Crippen LogP contribution in [0.15, 0.2) is 48.6 Å². The molecule has 190 valence electrons. The number of hydrazine groups is 2. The molecular formula is C26H29BClFN8. The lowest BCUT2D eigenvalue weighted by atomic mass is 9.70. The maximum atomic E-state index is 13.7. The number of halogens is 2.